The summed E-state index contributed by atoms with van der Waals surface area (Å²) in [5.74, 6) is 0.251. The number of nitrogen functional groups attached to an aromatic ring is 1. The van der Waals surface area contributed by atoms with E-state index in [1.54, 1.807) is 12.3 Å². The average Bonchev–Trinajstić information content (AvgIpc) is 2.36. The SMILES string of the molecule is CCNC(c1cc(C)cc(F)c1)c1c(C)ccnc1N. The van der Waals surface area contributed by atoms with Crippen molar-refractivity contribution in [3.05, 3.63) is 58.5 Å². The molecule has 2 aromatic rings. The maximum absolute atomic E-state index is 13.7. The Morgan fingerprint density at radius 3 is 2.65 bits per heavy atom. The molecule has 0 saturated carbocycles. The molecule has 0 saturated heterocycles. The van der Waals surface area contributed by atoms with Crippen LogP contribution >= 0.6 is 0 Å². The molecule has 0 radical (unpaired) electrons. The maximum Gasteiger partial charge on any atom is 0.128 e. The van der Waals surface area contributed by atoms with Gasteiger partial charge in [0.25, 0.3) is 0 Å². The van der Waals surface area contributed by atoms with Crippen molar-refractivity contribution in [3.63, 3.8) is 0 Å². The molecule has 20 heavy (non-hydrogen) atoms. The summed E-state index contributed by atoms with van der Waals surface area (Å²) in [6.45, 7) is 6.65. The number of nitrogens with one attached hydrogen (secondary N) is 1. The standard InChI is InChI=1S/C16H20FN3/c1-4-19-15(12-7-10(2)8-13(17)9-12)14-11(3)5-6-20-16(14)18/h5-9,15,19H,4H2,1-3H3,(H2,18,20). The molecule has 0 fully saturated rings. The number of benzene rings is 1. The minimum Gasteiger partial charge on any atom is -0.383 e. The quantitative estimate of drug-likeness (QED) is 0.900. The molecule has 4 heteroatoms. The van der Waals surface area contributed by atoms with Crippen molar-refractivity contribution >= 4 is 5.82 Å². The van der Waals surface area contributed by atoms with Crippen LogP contribution in [0.25, 0.3) is 0 Å². The van der Waals surface area contributed by atoms with Gasteiger partial charge in [-0.05, 0) is 55.3 Å². The topological polar surface area (TPSA) is 50.9 Å². The Morgan fingerprint density at radius 2 is 2.05 bits per heavy atom. The maximum atomic E-state index is 13.7. The first-order chi connectivity index (χ1) is 9.52. The van der Waals surface area contributed by atoms with Crippen LogP contribution in [0.2, 0.25) is 0 Å². The molecular formula is C16H20FN3. The number of anilines is 1. The van der Waals surface area contributed by atoms with E-state index in [0.717, 1.165) is 28.8 Å². The van der Waals surface area contributed by atoms with Crippen molar-refractivity contribution in [2.24, 2.45) is 0 Å². The second-order valence-electron chi connectivity index (χ2n) is 4.98. The Balaban J connectivity index is 2.56. The molecule has 0 aliphatic heterocycles. The minimum absolute atomic E-state index is 0.150. The fourth-order valence-corrected chi connectivity index (χ4v) is 2.49. The Morgan fingerprint density at radius 1 is 1.30 bits per heavy atom. The Bertz CT molecular complexity index is 570. The molecule has 1 heterocycles. The summed E-state index contributed by atoms with van der Waals surface area (Å²) in [6, 6.07) is 6.81. The van der Waals surface area contributed by atoms with Gasteiger partial charge < -0.3 is 11.1 Å². The molecule has 0 aliphatic carbocycles. The normalized spacial score (nSPS) is 12.4. The molecule has 1 aromatic carbocycles. The summed E-state index contributed by atoms with van der Waals surface area (Å²) in [7, 11) is 0. The van der Waals surface area contributed by atoms with Crippen LogP contribution in [0.5, 0.6) is 0 Å². The van der Waals surface area contributed by atoms with E-state index in [9.17, 15) is 4.39 Å². The third-order valence-corrected chi connectivity index (χ3v) is 3.33. The Hall–Kier alpha value is -1.94. The van der Waals surface area contributed by atoms with Gasteiger partial charge in [-0.3, -0.25) is 0 Å². The monoisotopic (exact) mass is 273 g/mol. The summed E-state index contributed by atoms with van der Waals surface area (Å²) < 4.78 is 13.7. The van der Waals surface area contributed by atoms with E-state index >= 15 is 0 Å². The molecular weight excluding hydrogens is 253 g/mol. The molecule has 3 nitrogen and oxygen atoms in total. The number of aryl methyl sites for hydroxylation is 2. The third kappa shape index (κ3) is 2.96. The van der Waals surface area contributed by atoms with Crippen LogP contribution < -0.4 is 11.1 Å². The lowest BCUT2D eigenvalue weighted by molar-refractivity contribution is 0.600. The van der Waals surface area contributed by atoms with Crippen LogP contribution in [-0.2, 0) is 0 Å². The molecule has 1 aromatic heterocycles. The number of nitrogens with two attached hydrogens (primary N) is 1. The van der Waals surface area contributed by atoms with Gasteiger partial charge in [0.1, 0.15) is 11.6 Å². The second-order valence-corrected chi connectivity index (χ2v) is 4.98. The lowest BCUT2D eigenvalue weighted by atomic mass is 9.94. The number of halogens is 1. The van der Waals surface area contributed by atoms with E-state index in [1.165, 1.54) is 6.07 Å². The van der Waals surface area contributed by atoms with Crippen LogP contribution in [0.3, 0.4) is 0 Å². The highest BCUT2D eigenvalue weighted by molar-refractivity contribution is 5.50. The predicted molar refractivity (Wildman–Crippen MR) is 80.0 cm³/mol. The second kappa shape index (κ2) is 6.01. The Kier molecular flexibility index (Phi) is 4.35. The summed E-state index contributed by atoms with van der Waals surface area (Å²) in [6.07, 6.45) is 1.69. The fraction of sp³-hybridized carbons (Fsp3) is 0.312. The van der Waals surface area contributed by atoms with Gasteiger partial charge in [-0.15, -0.1) is 0 Å². The van der Waals surface area contributed by atoms with Crippen molar-refractivity contribution in [1.29, 1.82) is 0 Å². The van der Waals surface area contributed by atoms with Gasteiger partial charge in [0.2, 0.25) is 0 Å². The van der Waals surface area contributed by atoms with E-state index < -0.39 is 0 Å². The van der Waals surface area contributed by atoms with E-state index in [1.807, 2.05) is 32.9 Å². The minimum atomic E-state index is -0.233. The zero-order chi connectivity index (χ0) is 14.7. The summed E-state index contributed by atoms with van der Waals surface area (Å²) in [5.41, 5.74) is 9.74. The van der Waals surface area contributed by atoms with Crippen molar-refractivity contribution in [3.8, 4) is 0 Å². The van der Waals surface area contributed by atoms with Crippen LogP contribution in [0.1, 0.15) is 35.2 Å². The van der Waals surface area contributed by atoms with Crippen LogP contribution in [-0.4, -0.2) is 11.5 Å². The molecule has 0 amide bonds. The first kappa shape index (κ1) is 14.5. The van der Waals surface area contributed by atoms with Gasteiger partial charge >= 0.3 is 0 Å². The number of rotatable bonds is 4. The zero-order valence-corrected chi connectivity index (χ0v) is 12.1. The molecule has 1 unspecified atom stereocenters. The van der Waals surface area contributed by atoms with E-state index in [2.05, 4.69) is 10.3 Å². The molecule has 1 atom stereocenters. The van der Waals surface area contributed by atoms with Crippen molar-refractivity contribution in [2.75, 3.05) is 12.3 Å². The van der Waals surface area contributed by atoms with E-state index in [-0.39, 0.29) is 11.9 Å². The lowest BCUT2D eigenvalue weighted by Gasteiger charge is -2.22. The lowest BCUT2D eigenvalue weighted by Crippen LogP contribution is -2.24. The molecule has 0 aliphatic rings. The van der Waals surface area contributed by atoms with Gasteiger partial charge in [-0.1, -0.05) is 13.0 Å². The molecule has 106 valence electrons. The molecule has 0 bridgehead atoms. The largest absolute Gasteiger partial charge is 0.383 e. The van der Waals surface area contributed by atoms with Gasteiger partial charge in [0.05, 0.1) is 6.04 Å². The number of aromatic nitrogens is 1. The van der Waals surface area contributed by atoms with Crippen LogP contribution in [0.15, 0.2) is 30.5 Å². The van der Waals surface area contributed by atoms with E-state index in [4.69, 9.17) is 5.73 Å². The number of pyridine rings is 1. The van der Waals surface area contributed by atoms with Gasteiger partial charge in [0.15, 0.2) is 0 Å². The summed E-state index contributed by atoms with van der Waals surface area (Å²) in [5, 5.41) is 3.36. The number of hydrogen-bond donors (Lipinski definition) is 2. The molecule has 0 spiro atoms. The van der Waals surface area contributed by atoms with Crippen LogP contribution in [0, 0.1) is 19.7 Å². The first-order valence-electron chi connectivity index (χ1n) is 6.74. The smallest absolute Gasteiger partial charge is 0.128 e. The zero-order valence-electron chi connectivity index (χ0n) is 12.1. The van der Waals surface area contributed by atoms with Gasteiger partial charge in [0, 0.05) is 11.8 Å². The third-order valence-electron chi connectivity index (χ3n) is 3.33. The Labute approximate surface area is 119 Å². The predicted octanol–water partition coefficient (Wildman–Crippen LogP) is 3.12. The number of nitrogens with zero attached hydrogens (tertiary/aromatic N) is 1. The molecule has 2 rings (SSSR count). The van der Waals surface area contributed by atoms with Crippen LogP contribution in [0.4, 0.5) is 10.2 Å². The first-order valence-corrected chi connectivity index (χ1v) is 6.74. The summed E-state index contributed by atoms with van der Waals surface area (Å²) >= 11 is 0. The van der Waals surface area contributed by atoms with Crippen molar-refractivity contribution in [2.45, 2.75) is 26.8 Å². The van der Waals surface area contributed by atoms with Crippen molar-refractivity contribution in [1.82, 2.24) is 10.3 Å². The highest BCUT2D eigenvalue weighted by atomic mass is 19.1. The van der Waals surface area contributed by atoms with Gasteiger partial charge in [-0.25, -0.2) is 9.37 Å². The fourth-order valence-electron chi connectivity index (χ4n) is 2.49. The number of hydrogen-bond acceptors (Lipinski definition) is 3. The highest BCUT2D eigenvalue weighted by Gasteiger charge is 2.19. The summed E-state index contributed by atoms with van der Waals surface area (Å²) in [4.78, 5) is 4.16. The van der Waals surface area contributed by atoms with E-state index in [0.29, 0.717) is 5.82 Å². The molecule has 3 N–H and O–H groups in total. The average molecular weight is 273 g/mol. The highest BCUT2D eigenvalue weighted by Crippen LogP contribution is 2.29. The van der Waals surface area contributed by atoms with Crippen molar-refractivity contribution < 1.29 is 4.39 Å². The van der Waals surface area contributed by atoms with Gasteiger partial charge in [-0.2, -0.15) is 0 Å².